The monoisotopic (exact) mass is 640 g/mol. The predicted octanol–water partition coefficient (Wildman–Crippen LogP) is 13.5. The highest BCUT2D eigenvalue weighted by Crippen LogP contribution is 2.54. The van der Waals surface area contributed by atoms with Crippen LogP contribution in [0.15, 0.2) is 126 Å². The predicted molar refractivity (Wildman–Crippen MR) is 212 cm³/mol. The van der Waals surface area contributed by atoms with Gasteiger partial charge in [-0.15, -0.1) is 0 Å². The molecule has 7 aromatic carbocycles. The largest absolute Gasteiger partial charge is 0.460 e. The van der Waals surface area contributed by atoms with E-state index < -0.39 is 0 Å². The van der Waals surface area contributed by atoms with Crippen LogP contribution < -0.4 is 0 Å². The molecule has 0 atom stereocenters. The molecule has 0 N–H and O–H groups in total. The van der Waals surface area contributed by atoms with Gasteiger partial charge < -0.3 is 4.42 Å². The van der Waals surface area contributed by atoms with Gasteiger partial charge in [0, 0.05) is 22.8 Å². The van der Waals surface area contributed by atoms with Crippen molar-refractivity contribution in [3.8, 4) is 33.4 Å². The van der Waals surface area contributed by atoms with E-state index in [9.17, 15) is 0 Å². The van der Waals surface area contributed by atoms with E-state index >= 15 is 0 Å². The number of hydrogen-bond acceptors (Lipinski definition) is 1. The molecule has 0 bridgehead atoms. The Morgan fingerprint density at radius 3 is 1.98 bits per heavy atom. The van der Waals surface area contributed by atoms with E-state index in [0.29, 0.717) is 0 Å². The number of hydrogen-bond donors (Lipinski definition) is 0. The van der Waals surface area contributed by atoms with Gasteiger partial charge in [0.1, 0.15) is 11.3 Å². The van der Waals surface area contributed by atoms with Crippen LogP contribution in [0.3, 0.4) is 0 Å². The summed E-state index contributed by atoms with van der Waals surface area (Å²) < 4.78 is 6.47. The van der Waals surface area contributed by atoms with Crippen LogP contribution in [0.25, 0.3) is 88.8 Å². The molecule has 11 rings (SSSR count). The van der Waals surface area contributed by atoms with Crippen molar-refractivity contribution in [1.29, 1.82) is 0 Å². The van der Waals surface area contributed by atoms with E-state index in [-0.39, 0.29) is 5.41 Å². The van der Waals surface area contributed by atoms with Crippen molar-refractivity contribution in [2.75, 3.05) is 0 Å². The summed E-state index contributed by atoms with van der Waals surface area (Å²) in [5.41, 5.74) is 15.6. The standard InChI is InChI=1S/C49H36O/c1-49(2)42-24-22-31-26-41-34-13-9-10-18-44(34)50-45(41)28-40(31)48(42)39-23-21-33(27-43(39)49)47-37-16-7-5-14-35(37)46(36-15-6-8-17-38(36)47)32-20-19-29-11-3-4-12-30(29)25-32/h3,5-9,11,13-17,19-28H,4,10,12,18H2,1-2H3. The third-order valence-electron chi connectivity index (χ3n) is 11.9. The molecule has 238 valence electrons. The average molecular weight is 641 g/mol. The summed E-state index contributed by atoms with van der Waals surface area (Å²) in [5.74, 6) is 1.12. The lowest BCUT2D eigenvalue weighted by Gasteiger charge is -2.23. The summed E-state index contributed by atoms with van der Waals surface area (Å²) in [6.07, 6.45) is 13.3. The van der Waals surface area contributed by atoms with Crippen LogP contribution in [-0.4, -0.2) is 0 Å². The molecule has 1 aromatic heterocycles. The number of furan rings is 1. The normalized spacial score (nSPS) is 15.5. The Bertz CT molecular complexity index is 2780. The van der Waals surface area contributed by atoms with E-state index in [1.54, 1.807) is 0 Å². The van der Waals surface area contributed by atoms with E-state index in [2.05, 4.69) is 147 Å². The summed E-state index contributed by atoms with van der Waals surface area (Å²) in [6, 6.07) is 41.8. The van der Waals surface area contributed by atoms with E-state index in [1.807, 2.05) is 0 Å². The fraction of sp³-hybridized carbons (Fsp3) is 0.143. The van der Waals surface area contributed by atoms with Gasteiger partial charge in [0.2, 0.25) is 0 Å². The van der Waals surface area contributed by atoms with E-state index in [1.165, 1.54) is 98.9 Å². The molecule has 1 heterocycles. The molecule has 1 nitrogen and oxygen atoms in total. The molecule has 0 aliphatic heterocycles. The minimum absolute atomic E-state index is 0.141. The maximum absolute atomic E-state index is 6.47. The maximum Gasteiger partial charge on any atom is 0.135 e. The first kappa shape index (κ1) is 28.2. The molecule has 0 saturated heterocycles. The summed E-state index contributed by atoms with van der Waals surface area (Å²) >= 11 is 0. The van der Waals surface area contributed by atoms with Crippen LogP contribution in [-0.2, 0) is 18.3 Å². The zero-order chi connectivity index (χ0) is 33.1. The summed E-state index contributed by atoms with van der Waals surface area (Å²) in [6.45, 7) is 4.79. The fourth-order valence-electron chi connectivity index (χ4n) is 9.50. The second-order valence-corrected chi connectivity index (χ2v) is 15.0. The van der Waals surface area contributed by atoms with Crippen molar-refractivity contribution in [2.45, 2.75) is 44.9 Å². The molecule has 0 spiro atoms. The van der Waals surface area contributed by atoms with Crippen molar-refractivity contribution in [3.63, 3.8) is 0 Å². The van der Waals surface area contributed by atoms with Crippen molar-refractivity contribution in [1.82, 2.24) is 0 Å². The van der Waals surface area contributed by atoms with Crippen molar-refractivity contribution < 1.29 is 4.42 Å². The maximum atomic E-state index is 6.47. The van der Waals surface area contributed by atoms with Crippen LogP contribution in [0.4, 0.5) is 0 Å². The molecular weight excluding hydrogens is 605 g/mol. The lowest BCUT2D eigenvalue weighted by atomic mass is 9.80. The average Bonchev–Trinajstić information content (AvgIpc) is 3.63. The van der Waals surface area contributed by atoms with Crippen LogP contribution >= 0.6 is 0 Å². The van der Waals surface area contributed by atoms with Crippen molar-refractivity contribution in [3.05, 3.63) is 155 Å². The van der Waals surface area contributed by atoms with Gasteiger partial charge >= 0.3 is 0 Å². The topological polar surface area (TPSA) is 13.1 Å². The van der Waals surface area contributed by atoms with Gasteiger partial charge in [-0.3, -0.25) is 0 Å². The van der Waals surface area contributed by atoms with Gasteiger partial charge in [-0.2, -0.15) is 0 Å². The Kier molecular flexibility index (Phi) is 5.75. The van der Waals surface area contributed by atoms with Gasteiger partial charge in [-0.05, 0) is 125 Å². The molecular formula is C49H36O. The molecule has 1 heteroatoms. The van der Waals surface area contributed by atoms with Gasteiger partial charge in [0.15, 0.2) is 0 Å². The van der Waals surface area contributed by atoms with Gasteiger partial charge in [-0.25, -0.2) is 0 Å². The van der Waals surface area contributed by atoms with Crippen molar-refractivity contribution >= 4 is 55.4 Å². The van der Waals surface area contributed by atoms with Crippen LogP contribution in [0.2, 0.25) is 0 Å². The molecule has 0 saturated carbocycles. The Labute approximate surface area is 292 Å². The van der Waals surface area contributed by atoms with Crippen molar-refractivity contribution in [2.24, 2.45) is 0 Å². The van der Waals surface area contributed by atoms with Gasteiger partial charge in [0.05, 0.1) is 0 Å². The highest BCUT2D eigenvalue weighted by molar-refractivity contribution is 6.21. The summed E-state index contributed by atoms with van der Waals surface area (Å²) in [5, 5.41) is 9.00. The highest BCUT2D eigenvalue weighted by atomic mass is 16.3. The lowest BCUT2D eigenvalue weighted by Crippen LogP contribution is -2.15. The molecule has 8 aromatic rings. The fourth-order valence-corrected chi connectivity index (χ4v) is 9.50. The van der Waals surface area contributed by atoms with E-state index in [0.717, 1.165) is 37.0 Å². The number of allylic oxidation sites excluding steroid dienone is 2. The quantitative estimate of drug-likeness (QED) is 0.171. The Balaban J connectivity index is 1.14. The number of aryl methyl sites for hydroxylation is 2. The van der Waals surface area contributed by atoms with Crippen LogP contribution in [0.5, 0.6) is 0 Å². The van der Waals surface area contributed by atoms with Crippen LogP contribution in [0.1, 0.15) is 60.3 Å². The number of benzene rings is 7. The first-order chi connectivity index (χ1) is 24.5. The van der Waals surface area contributed by atoms with Gasteiger partial charge in [-0.1, -0.05) is 129 Å². The zero-order valence-corrected chi connectivity index (χ0v) is 28.4. The zero-order valence-electron chi connectivity index (χ0n) is 28.4. The van der Waals surface area contributed by atoms with E-state index in [4.69, 9.17) is 4.42 Å². The Morgan fingerprint density at radius 1 is 0.540 bits per heavy atom. The first-order valence-corrected chi connectivity index (χ1v) is 18.1. The third-order valence-corrected chi connectivity index (χ3v) is 11.9. The summed E-state index contributed by atoms with van der Waals surface area (Å²) in [7, 11) is 0. The molecule has 0 unspecified atom stereocenters. The second kappa shape index (κ2) is 10.2. The second-order valence-electron chi connectivity index (χ2n) is 15.0. The van der Waals surface area contributed by atoms with Gasteiger partial charge in [0.25, 0.3) is 0 Å². The Morgan fingerprint density at radius 2 is 1.22 bits per heavy atom. The minimum atomic E-state index is -0.141. The highest BCUT2D eigenvalue weighted by Gasteiger charge is 2.37. The SMILES string of the molecule is CC1(C)c2cc(-c3c4ccccc4c(-c4ccc5c(c4)CCC=C5)c4ccccc34)ccc2-c2c1ccc1cc3c4c(oc3cc21)CCC=C4. The Hall–Kier alpha value is -5.66. The molecule has 50 heavy (non-hydrogen) atoms. The third kappa shape index (κ3) is 3.84. The molecule has 3 aliphatic carbocycles. The molecule has 0 fully saturated rings. The lowest BCUT2D eigenvalue weighted by molar-refractivity contribution is 0.546. The molecule has 0 radical (unpaired) electrons. The molecule has 3 aliphatic rings. The number of fused-ring (bicyclic) bond motifs is 11. The first-order valence-electron chi connectivity index (χ1n) is 18.1. The minimum Gasteiger partial charge on any atom is -0.460 e. The molecule has 0 amide bonds. The number of rotatable bonds is 2. The summed E-state index contributed by atoms with van der Waals surface area (Å²) in [4.78, 5) is 0. The smallest absolute Gasteiger partial charge is 0.135 e. The van der Waals surface area contributed by atoms with Crippen LogP contribution in [0, 0.1) is 0 Å².